The first kappa shape index (κ1) is 27.7. The summed E-state index contributed by atoms with van der Waals surface area (Å²) >= 11 is 8.07. The largest absolute Gasteiger partial charge is 0.461 e. The molecule has 2 unspecified atom stereocenters. The second-order valence-corrected chi connectivity index (χ2v) is 12.9. The summed E-state index contributed by atoms with van der Waals surface area (Å²) in [5.41, 5.74) is 0.525. The van der Waals surface area contributed by atoms with E-state index in [1.54, 1.807) is 51.9 Å². The van der Waals surface area contributed by atoms with E-state index in [1.807, 2.05) is 20.8 Å². The highest BCUT2D eigenvalue weighted by atomic mass is 35.5. The van der Waals surface area contributed by atoms with Crippen LogP contribution < -0.4 is 4.90 Å². The Balaban J connectivity index is 1.86. The highest BCUT2D eigenvalue weighted by Gasteiger charge is 2.78. The van der Waals surface area contributed by atoms with Crippen molar-refractivity contribution in [2.24, 2.45) is 17.8 Å². The highest BCUT2D eigenvalue weighted by molar-refractivity contribution is 8.02. The number of benzene rings is 1. The van der Waals surface area contributed by atoms with E-state index < -0.39 is 39.4 Å². The average Bonchev–Trinajstić information content (AvgIpc) is 3.42. The number of esters is 1. The van der Waals surface area contributed by atoms with Crippen molar-refractivity contribution in [3.8, 4) is 0 Å². The maximum Gasteiger partial charge on any atom is 0.311 e. The van der Waals surface area contributed by atoms with Crippen LogP contribution in [0.15, 0.2) is 49.6 Å². The number of hydrogen-bond acceptors (Lipinski definition) is 6. The number of amides is 2. The predicted molar refractivity (Wildman–Crippen MR) is 146 cm³/mol. The van der Waals surface area contributed by atoms with E-state index in [2.05, 4.69) is 13.2 Å². The van der Waals surface area contributed by atoms with Gasteiger partial charge < -0.3 is 19.6 Å². The number of para-hydroxylation sites is 1. The quantitative estimate of drug-likeness (QED) is 0.351. The van der Waals surface area contributed by atoms with Gasteiger partial charge in [0.2, 0.25) is 5.91 Å². The Kier molecular flexibility index (Phi) is 7.84. The number of anilines is 1. The Morgan fingerprint density at radius 3 is 2.59 bits per heavy atom. The molecule has 1 N–H and O–H groups in total. The number of fused-ring (bicyclic) bond motifs is 1. The fourth-order valence-electron chi connectivity index (χ4n) is 6.46. The van der Waals surface area contributed by atoms with Crippen LogP contribution >= 0.6 is 23.4 Å². The number of thioether (sulfide) groups is 1. The molecule has 1 aromatic carbocycles. The number of aliphatic hydroxyl groups excluding tert-OH is 1. The lowest BCUT2D eigenvalue weighted by Gasteiger charge is -2.40. The number of aliphatic hydroxyl groups is 1. The molecule has 3 fully saturated rings. The van der Waals surface area contributed by atoms with E-state index in [9.17, 15) is 19.5 Å². The fraction of sp³-hybridized carbons (Fsp3) is 0.536. The maximum absolute atomic E-state index is 14.6. The summed E-state index contributed by atoms with van der Waals surface area (Å²) in [6.07, 6.45) is 4.40. The molecule has 0 aromatic heterocycles. The summed E-state index contributed by atoms with van der Waals surface area (Å²) in [4.78, 5) is 45.3. The number of halogens is 1. The average molecular weight is 547 g/mol. The molecular formula is C28H35ClN2O5S. The number of rotatable bonds is 10. The third-order valence-corrected chi connectivity index (χ3v) is 10.4. The first-order valence-corrected chi connectivity index (χ1v) is 13.8. The van der Waals surface area contributed by atoms with Gasteiger partial charge in [0.25, 0.3) is 5.91 Å². The van der Waals surface area contributed by atoms with Crippen LogP contribution in [-0.4, -0.2) is 69.1 Å². The lowest BCUT2D eigenvalue weighted by molar-refractivity contribution is -0.155. The van der Waals surface area contributed by atoms with Gasteiger partial charge in [-0.15, -0.1) is 18.3 Å². The van der Waals surface area contributed by atoms with Crippen molar-refractivity contribution in [2.75, 3.05) is 24.7 Å². The van der Waals surface area contributed by atoms with Crippen LogP contribution in [-0.2, 0) is 19.1 Å². The van der Waals surface area contributed by atoms with Crippen molar-refractivity contribution < 1.29 is 24.2 Å². The van der Waals surface area contributed by atoms with Gasteiger partial charge in [-0.3, -0.25) is 14.4 Å². The Morgan fingerprint density at radius 2 is 2.00 bits per heavy atom. The van der Waals surface area contributed by atoms with Gasteiger partial charge >= 0.3 is 5.97 Å². The van der Waals surface area contributed by atoms with Crippen molar-refractivity contribution >= 4 is 46.8 Å². The molecule has 37 heavy (non-hydrogen) atoms. The van der Waals surface area contributed by atoms with E-state index in [1.165, 1.54) is 6.08 Å². The molecule has 1 spiro atoms. The Bertz CT molecular complexity index is 1110. The molecule has 1 aromatic rings. The summed E-state index contributed by atoms with van der Waals surface area (Å²) in [6, 6.07) is 5.60. The molecule has 3 aliphatic heterocycles. The smallest absolute Gasteiger partial charge is 0.311 e. The second-order valence-electron chi connectivity index (χ2n) is 10.6. The first-order chi connectivity index (χ1) is 17.6. The molecule has 7 nitrogen and oxygen atoms in total. The molecule has 0 radical (unpaired) electrons. The van der Waals surface area contributed by atoms with Crippen LogP contribution in [0.4, 0.5) is 5.69 Å². The third kappa shape index (κ3) is 4.31. The van der Waals surface area contributed by atoms with E-state index in [0.717, 1.165) is 0 Å². The normalized spacial score (nSPS) is 30.8. The lowest BCUT2D eigenvalue weighted by atomic mass is 9.66. The summed E-state index contributed by atoms with van der Waals surface area (Å²) in [7, 11) is 0. The predicted octanol–water partition coefficient (Wildman–Crippen LogP) is 4.09. The van der Waals surface area contributed by atoms with Gasteiger partial charge in [0.1, 0.15) is 12.6 Å². The van der Waals surface area contributed by atoms with Gasteiger partial charge in [0, 0.05) is 11.3 Å². The van der Waals surface area contributed by atoms with Crippen molar-refractivity contribution in [2.45, 2.75) is 55.2 Å². The zero-order valence-electron chi connectivity index (χ0n) is 21.6. The minimum Gasteiger partial charge on any atom is -0.461 e. The zero-order chi connectivity index (χ0) is 27.1. The lowest BCUT2D eigenvalue weighted by Crippen LogP contribution is -2.58. The van der Waals surface area contributed by atoms with Crippen molar-refractivity contribution in [3.05, 3.63) is 54.6 Å². The highest BCUT2D eigenvalue weighted by Crippen LogP contribution is 2.72. The number of ether oxygens (including phenoxy) is 1. The van der Waals surface area contributed by atoms with E-state index in [4.69, 9.17) is 16.3 Å². The summed E-state index contributed by atoms with van der Waals surface area (Å²) in [6.45, 7) is 13.2. The molecule has 9 heteroatoms. The minimum absolute atomic E-state index is 0.0565. The molecule has 0 saturated carbocycles. The monoisotopic (exact) mass is 546 g/mol. The van der Waals surface area contributed by atoms with Crippen molar-refractivity contribution in [1.82, 2.24) is 4.90 Å². The Morgan fingerprint density at radius 1 is 1.30 bits per heavy atom. The van der Waals surface area contributed by atoms with Gasteiger partial charge in [-0.1, -0.05) is 56.3 Å². The van der Waals surface area contributed by atoms with Gasteiger partial charge in [-0.2, -0.15) is 0 Å². The van der Waals surface area contributed by atoms with Crippen LogP contribution in [0.5, 0.6) is 0 Å². The topological polar surface area (TPSA) is 87.1 Å². The van der Waals surface area contributed by atoms with Gasteiger partial charge in [-0.25, -0.2) is 0 Å². The van der Waals surface area contributed by atoms with Crippen LogP contribution in [0, 0.1) is 17.8 Å². The summed E-state index contributed by atoms with van der Waals surface area (Å²) in [5, 5.41) is 10.8. The molecule has 2 bridgehead atoms. The van der Waals surface area contributed by atoms with Crippen molar-refractivity contribution in [3.63, 3.8) is 0 Å². The molecular weight excluding hydrogens is 512 g/mol. The van der Waals surface area contributed by atoms with Crippen LogP contribution in [0.3, 0.4) is 0 Å². The number of hydrogen-bond donors (Lipinski definition) is 1. The van der Waals surface area contributed by atoms with Gasteiger partial charge in [-0.05, 0) is 37.8 Å². The molecule has 2 amide bonds. The number of nitrogens with zero attached hydrogens (tertiary/aromatic N) is 2. The van der Waals surface area contributed by atoms with Gasteiger partial charge in [0.05, 0.1) is 39.9 Å². The molecule has 200 valence electrons. The maximum atomic E-state index is 14.6. The summed E-state index contributed by atoms with van der Waals surface area (Å²) < 4.78 is 4.10. The van der Waals surface area contributed by atoms with E-state index in [-0.39, 0.29) is 37.5 Å². The number of carbonyl (C=O) groups excluding carboxylic acids is 3. The Hall–Kier alpha value is -2.29. The number of likely N-dealkylation sites (tertiary alicyclic amines) is 1. The SMILES string of the molecule is C=CCOC(=O)[C@H]1[C@H]2C(=O)N([C@@H](CO)C(C)C)C(C(=O)N(CC=C)c3ccccc3Cl)C23CC[C@]1(C)S3. The third-order valence-electron chi connectivity index (χ3n) is 8.08. The Labute approximate surface area is 227 Å². The standard InChI is InChI=1S/C28H35ClN2O5S/c1-6-14-30(19-11-9-8-10-18(19)29)25(34)23-28-13-12-27(5,37-28)22(26(35)36-15-7-2)21(28)24(33)31(23)20(16-32)17(3)4/h6-11,17,20-23,32H,1-2,12-16H2,3-5H3/t20-,21-,22+,23?,27-,28?/m0/s1. The molecule has 6 atom stereocenters. The molecule has 3 saturated heterocycles. The second kappa shape index (κ2) is 10.5. The van der Waals surface area contributed by atoms with E-state index >= 15 is 0 Å². The molecule has 3 aliphatic rings. The molecule has 4 rings (SSSR count). The zero-order valence-corrected chi connectivity index (χ0v) is 23.1. The van der Waals surface area contributed by atoms with Gasteiger partial charge in [0.15, 0.2) is 0 Å². The fourth-order valence-corrected chi connectivity index (χ4v) is 9.03. The first-order valence-electron chi connectivity index (χ1n) is 12.7. The molecule has 3 heterocycles. The summed E-state index contributed by atoms with van der Waals surface area (Å²) in [5.74, 6) is -2.55. The molecule has 0 aliphatic carbocycles. The van der Waals surface area contributed by atoms with Crippen LogP contribution in [0.2, 0.25) is 5.02 Å². The van der Waals surface area contributed by atoms with Crippen LogP contribution in [0.1, 0.15) is 33.6 Å². The van der Waals surface area contributed by atoms with E-state index in [0.29, 0.717) is 23.6 Å². The number of carbonyl (C=O) groups is 3. The van der Waals surface area contributed by atoms with Crippen molar-refractivity contribution in [1.29, 1.82) is 0 Å². The minimum atomic E-state index is -0.884. The van der Waals surface area contributed by atoms with Crippen LogP contribution in [0.25, 0.3) is 0 Å².